The van der Waals surface area contributed by atoms with Crippen molar-refractivity contribution < 1.29 is 128 Å². The van der Waals surface area contributed by atoms with Crippen molar-refractivity contribution in [3.05, 3.63) is 0 Å². The minimum atomic E-state index is -2.06. The molecule has 6 saturated heterocycles. The van der Waals surface area contributed by atoms with Gasteiger partial charge >= 0.3 is 5.97 Å². The Kier molecular flexibility index (Phi) is 17.8. The molecule has 11 rings (SSSR count). The summed E-state index contributed by atoms with van der Waals surface area (Å²) in [5.74, 6) is -0.953. The Balaban J connectivity index is 0.746. The lowest BCUT2D eigenvalue weighted by Crippen LogP contribution is -2.74. The van der Waals surface area contributed by atoms with E-state index in [-0.39, 0.29) is 44.5 Å². The molecule has 0 aromatic carbocycles. The summed E-state index contributed by atoms with van der Waals surface area (Å²) in [6.07, 6.45) is -35.4. The number of carboxylic acids is 1. The number of aliphatic carboxylic acids is 1. The first-order valence-corrected chi connectivity index (χ1v) is 31.3. The fourth-order valence-corrected chi connectivity index (χ4v) is 19.4. The fraction of sp³-hybridized carbons (Fsp3) is 0.983. The molecule has 35 atom stereocenters. The van der Waals surface area contributed by atoms with Crippen molar-refractivity contribution in [2.75, 3.05) is 13.2 Å². The normalized spacial score (nSPS) is 57.7. The van der Waals surface area contributed by atoms with E-state index in [1.54, 1.807) is 0 Å². The highest BCUT2D eigenvalue weighted by Gasteiger charge is 2.80. The first-order valence-electron chi connectivity index (χ1n) is 31.3. The Bertz CT molecular complexity index is 2420. The number of ether oxygens (including phenoxy) is 11. The van der Waals surface area contributed by atoms with Crippen LogP contribution in [0.1, 0.15) is 133 Å². The maximum atomic E-state index is 13.2. The molecule has 5 saturated carbocycles. The molecular weight excluding hydrogens is 1140 g/mol. The predicted molar refractivity (Wildman–Crippen MR) is 291 cm³/mol. The zero-order chi connectivity index (χ0) is 62.7. The van der Waals surface area contributed by atoms with Gasteiger partial charge in [0.1, 0.15) is 97.7 Å². The van der Waals surface area contributed by atoms with Crippen LogP contribution in [0.2, 0.25) is 0 Å². The summed E-state index contributed by atoms with van der Waals surface area (Å²) < 4.78 is 66.7. The second kappa shape index (κ2) is 23.2. The van der Waals surface area contributed by atoms with E-state index in [0.29, 0.717) is 25.4 Å². The minimum Gasteiger partial charge on any atom is -0.479 e. The van der Waals surface area contributed by atoms with Gasteiger partial charge in [0.15, 0.2) is 37.6 Å². The second-order valence-corrected chi connectivity index (χ2v) is 29.9. The zero-order valence-electron chi connectivity index (χ0n) is 51.0. The molecule has 26 nitrogen and oxygen atoms in total. The highest BCUT2D eigenvalue weighted by Crippen LogP contribution is 2.80. The molecule has 11 aliphatic rings. The largest absolute Gasteiger partial charge is 0.479 e. The fourth-order valence-electron chi connectivity index (χ4n) is 19.4. The van der Waals surface area contributed by atoms with Crippen LogP contribution in [0, 0.1) is 50.2 Å². The lowest BCUT2D eigenvalue weighted by molar-refractivity contribution is -0.396. The van der Waals surface area contributed by atoms with E-state index in [0.717, 1.165) is 51.4 Å². The van der Waals surface area contributed by atoms with Crippen molar-refractivity contribution >= 4 is 5.97 Å². The molecule has 0 aromatic rings. The van der Waals surface area contributed by atoms with Gasteiger partial charge in [-0.25, -0.2) is 4.79 Å². The average Bonchev–Trinajstić information content (AvgIpc) is 1.28. The van der Waals surface area contributed by atoms with E-state index in [1.165, 1.54) is 20.8 Å². The predicted octanol–water partition coefficient (Wildman–Crippen LogP) is -1.35. The standard InChI is InChI=1S/C60H98O26/c1-23-32(63)34(65)39(70)49(77-23)82-43-24(2)78-50(40(71)36(43)67)83-44-25(3)79-51(41(72)37(44)68)85-46-35(66)33(64)26(21-61)80-53(46)84-45-38(69)42(73)52(86-47(45)48(74)75)81-31-13-14-56(8)27(55(31,6)7)11-15-57(9)28(56)12-16-60-29-19-54(4,5)17-18-59(29,22-76-60)30(62)20-58(57,60)10/h23-47,49-53,61-73H,11-22H2,1-10H3,(H,74,75). The number of hydrogen-bond acceptors (Lipinski definition) is 25. The number of aliphatic hydroxyl groups excluding tert-OH is 13. The molecule has 5 aliphatic carbocycles. The zero-order valence-corrected chi connectivity index (χ0v) is 51.0. The number of carbonyl (C=O) groups is 1. The molecule has 0 aromatic heterocycles. The molecule has 11 fully saturated rings. The lowest BCUT2D eigenvalue weighted by Gasteiger charge is -2.75. The van der Waals surface area contributed by atoms with E-state index in [2.05, 4.69) is 48.5 Å². The van der Waals surface area contributed by atoms with Gasteiger partial charge in [-0.2, -0.15) is 0 Å². The highest BCUT2D eigenvalue weighted by molar-refractivity contribution is 5.73. The van der Waals surface area contributed by atoms with E-state index in [4.69, 9.17) is 52.1 Å². The summed E-state index contributed by atoms with van der Waals surface area (Å²) in [7, 11) is 0. The molecule has 0 radical (unpaired) electrons. The topological polar surface area (TPSA) is 402 Å². The number of aliphatic hydroxyl groups is 13. The maximum Gasteiger partial charge on any atom is 0.335 e. The van der Waals surface area contributed by atoms with Crippen LogP contribution < -0.4 is 0 Å². The average molecular weight is 1240 g/mol. The van der Waals surface area contributed by atoms with Crippen molar-refractivity contribution in [2.24, 2.45) is 50.2 Å². The quantitative estimate of drug-likeness (QED) is 0.100. The molecule has 6 heterocycles. The Morgan fingerprint density at radius 2 is 0.988 bits per heavy atom. The van der Waals surface area contributed by atoms with Gasteiger partial charge in [0.05, 0.1) is 49.3 Å². The van der Waals surface area contributed by atoms with Crippen LogP contribution in [0.3, 0.4) is 0 Å². The van der Waals surface area contributed by atoms with Gasteiger partial charge in [-0.3, -0.25) is 0 Å². The molecule has 6 aliphatic heterocycles. The molecule has 0 amide bonds. The van der Waals surface area contributed by atoms with Crippen LogP contribution in [0.25, 0.3) is 0 Å². The lowest BCUT2D eigenvalue weighted by atomic mass is 9.30. The molecule has 494 valence electrons. The van der Waals surface area contributed by atoms with E-state index < -0.39 is 184 Å². The molecule has 1 spiro atoms. The van der Waals surface area contributed by atoms with Crippen LogP contribution >= 0.6 is 0 Å². The van der Waals surface area contributed by atoms with Gasteiger partial charge in [-0.1, -0.05) is 48.5 Å². The van der Waals surface area contributed by atoms with Crippen molar-refractivity contribution in [1.29, 1.82) is 0 Å². The highest BCUT2D eigenvalue weighted by atomic mass is 16.8. The van der Waals surface area contributed by atoms with Crippen LogP contribution in [0.5, 0.6) is 0 Å². The van der Waals surface area contributed by atoms with Crippen LogP contribution in [0.15, 0.2) is 0 Å². The summed E-state index contributed by atoms with van der Waals surface area (Å²) in [5.41, 5.74) is -1.53. The summed E-state index contributed by atoms with van der Waals surface area (Å²) in [5, 5.41) is 156. The van der Waals surface area contributed by atoms with E-state index in [1.807, 2.05) is 0 Å². The van der Waals surface area contributed by atoms with Gasteiger partial charge in [0.25, 0.3) is 0 Å². The third-order valence-corrected chi connectivity index (χ3v) is 24.6. The monoisotopic (exact) mass is 1230 g/mol. The molecule has 35 unspecified atom stereocenters. The molecule has 2 bridgehead atoms. The number of rotatable bonds is 12. The van der Waals surface area contributed by atoms with E-state index in [9.17, 15) is 76.3 Å². The van der Waals surface area contributed by atoms with Crippen LogP contribution in [0.4, 0.5) is 0 Å². The van der Waals surface area contributed by atoms with Crippen LogP contribution in [-0.2, 0) is 56.9 Å². The molecule has 26 heteroatoms. The Labute approximate surface area is 501 Å². The smallest absolute Gasteiger partial charge is 0.335 e. The number of hydrogen-bond donors (Lipinski definition) is 14. The summed E-state index contributed by atoms with van der Waals surface area (Å²) in [6.45, 7) is 20.2. The minimum absolute atomic E-state index is 0.118. The van der Waals surface area contributed by atoms with Crippen molar-refractivity contribution in [2.45, 2.75) is 305 Å². The summed E-state index contributed by atoms with van der Waals surface area (Å²) in [4.78, 5) is 13.2. The maximum absolute atomic E-state index is 13.2. The Morgan fingerprint density at radius 1 is 0.477 bits per heavy atom. The Hall–Kier alpha value is -1.49. The van der Waals surface area contributed by atoms with E-state index >= 15 is 0 Å². The van der Waals surface area contributed by atoms with Gasteiger partial charge in [-0.15, -0.1) is 0 Å². The molecular formula is C60H98O26. The van der Waals surface area contributed by atoms with Crippen molar-refractivity contribution in [3.63, 3.8) is 0 Å². The third kappa shape index (κ3) is 10.1. The molecule has 86 heavy (non-hydrogen) atoms. The summed E-state index contributed by atoms with van der Waals surface area (Å²) in [6, 6.07) is 0. The van der Waals surface area contributed by atoms with Gasteiger partial charge in [0.2, 0.25) is 0 Å². The second-order valence-electron chi connectivity index (χ2n) is 29.9. The summed E-state index contributed by atoms with van der Waals surface area (Å²) >= 11 is 0. The van der Waals surface area contributed by atoms with Crippen LogP contribution in [-0.4, -0.2) is 262 Å². The molecule has 14 N–H and O–H groups in total. The van der Waals surface area contributed by atoms with Gasteiger partial charge < -0.3 is 124 Å². The van der Waals surface area contributed by atoms with Crippen molar-refractivity contribution in [3.8, 4) is 0 Å². The number of fused-ring (bicyclic) bond motifs is 4. The number of carboxylic acid groups (broad SMARTS) is 1. The first kappa shape index (κ1) is 66.0. The van der Waals surface area contributed by atoms with Gasteiger partial charge in [0, 0.05) is 10.8 Å². The first-order chi connectivity index (χ1) is 40.1. The Morgan fingerprint density at radius 3 is 1.57 bits per heavy atom. The third-order valence-electron chi connectivity index (χ3n) is 24.6. The van der Waals surface area contributed by atoms with Crippen molar-refractivity contribution in [1.82, 2.24) is 0 Å². The SMILES string of the molecule is CC1OC(OC2C(C)OC(OC3C(C)OC(OC4C(OC5C(C(=O)O)OC(OC6CCC7(C)C(CCC8(C)C7CCC79OCC%10(CCC(C)(C)CC%107)C(O)CC89C)C6(C)C)C(O)C5O)OC(CO)C(O)C4O)C(O)C3O)C(O)C2O)C(O)C(O)C1O. The van der Waals surface area contributed by atoms with Gasteiger partial charge in [-0.05, 0) is 124 Å².